The lowest BCUT2D eigenvalue weighted by atomic mass is 9.72. The van der Waals surface area contributed by atoms with E-state index in [1.807, 2.05) is 35.1 Å². The van der Waals surface area contributed by atoms with Gasteiger partial charge in [0.05, 0.1) is 11.9 Å². The number of aryl methyl sites for hydroxylation is 1. The van der Waals surface area contributed by atoms with Gasteiger partial charge in [-0.3, -0.25) is 19.6 Å². The molecule has 0 atom stereocenters. The molecular weight excluding hydrogens is 354 g/mol. The molecule has 2 fully saturated rings. The molecule has 2 aliphatic heterocycles. The van der Waals surface area contributed by atoms with Gasteiger partial charge >= 0.3 is 0 Å². The van der Waals surface area contributed by atoms with Crippen molar-refractivity contribution in [1.29, 1.82) is 0 Å². The summed E-state index contributed by atoms with van der Waals surface area (Å²) in [7, 11) is 0. The minimum absolute atomic E-state index is 0.0542. The van der Waals surface area contributed by atoms with Gasteiger partial charge in [-0.25, -0.2) is 4.98 Å². The fourth-order valence-corrected chi connectivity index (χ4v) is 4.22. The normalized spacial score (nSPS) is 19.1. The van der Waals surface area contributed by atoms with E-state index >= 15 is 0 Å². The van der Waals surface area contributed by atoms with Crippen molar-refractivity contribution < 1.29 is 9.59 Å². The fourth-order valence-electron chi connectivity index (χ4n) is 4.22. The van der Waals surface area contributed by atoms with Crippen molar-refractivity contribution in [2.24, 2.45) is 5.41 Å². The first-order chi connectivity index (χ1) is 13.5. The molecule has 0 aliphatic carbocycles. The maximum Gasteiger partial charge on any atom is 0.274 e. The van der Waals surface area contributed by atoms with Gasteiger partial charge in [0, 0.05) is 51.2 Å². The first-order valence-electron chi connectivity index (χ1n) is 9.79. The Morgan fingerprint density at radius 1 is 1.14 bits per heavy atom. The average molecular weight is 379 g/mol. The molecule has 0 bridgehead atoms. The van der Waals surface area contributed by atoms with Crippen molar-refractivity contribution in [3.05, 3.63) is 53.9 Å². The van der Waals surface area contributed by atoms with Crippen molar-refractivity contribution in [3.8, 4) is 0 Å². The van der Waals surface area contributed by atoms with E-state index in [1.54, 1.807) is 18.6 Å². The third-order valence-electron chi connectivity index (χ3n) is 5.96. The van der Waals surface area contributed by atoms with Crippen LogP contribution in [0.2, 0.25) is 0 Å². The summed E-state index contributed by atoms with van der Waals surface area (Å²) in [4.78, 5) is 41.5. The Hall–Kier alpha value is -2.83. The van der Waals surface area contributed by atoms with E-state index < -0.39 is 0 Å². The largest absolute Gasteiger partial charge is 0.338 e. The van der Waals surface area contributed by atoms with Crippen LogP contribution in [0.4, 0.5) is 0 Å². The summed E-state index contributed by atoms with van der Waals surface area (Å²) < 4.78 is 0. The van der Waals surface area contributed by atoms with Gasteiger partial charge in [-0.1, -0.05) is 6.07 Å². The van der Waals surface area contributed by atoms with Crippen molar-refractivity contribution in [2.45, 2.75) is 39.2 Å². The first-order valence-corrected chi connectivity index (χ1v) is 9.79. The molecular formula is C21H25N5O2. The number of carbonyl (C=O) groups is 2. The van der Waals surface area contributed by atoms with Crippen LogP contribution >= 0.6 is 0 Å². The van der Waals surface area contributed by atoms with Gasteiger partial charge in [-0.05, 0) is 43.2 Å². The Kier molecular flexibility index (Phi) is 5.07. The number of hydrogen-bond donors (Lipinski definition) is 0. The maximum absolute atomic E-state index is 12.7. The van der Waals surface area contributed by atoms with Crippen LogP contribution in [0.3, 0.4) is 0 Å². The summed E-state index contributed by atoms with van der Waals surface area (Å²) in [5, 5.41) is 0. The zero-order chi connectivity index (χ0) is 19.6. The molecule has 7 nitrogen and oxygen atoms in total. The third-order valence-corrected chi connectivity index (χ3v) is 5.96. The second-order valence-corrected chi connectivity index (χ2v) is 7.95. The molecule has 1 spiro atoms. The van der Waals surface area contributed by atoms with Crippen LogP contribution in [-0.4, -0.2) is 56.2 Å². The lowest BCUT2D eigenvalue weighted by Crippen LogP contribution is -2.52. The molecule has 2 aromatic heterocycles. The van der Waals surface area contributed by atoms with E-state index in [2.05, 4.69) is 15.0 Å². The highest BCUT2D eigenvalue weighted by atomic mass is 16.2. The van der Waals surface area contributed by atoms with E-state index in [0.717, 1.165) is 37.1 Å². The smallest absolute Gasteiger partial charge is 0.274 e. The van der Waals surface area contributed by atoms with Crippen molar-refractivity contribution in [3.63, 3.8) is 0 Å². The van der Waals surface area contributed by atoms with Crippen LogP contribution in [0.1, 0.15) is 47.4 Å². The van der Waals surface area contributed by atoms with Crippen LogP contribution in [0.5, 0.6) is 0 Å². The highest BCUT2D eigenvalue weighted by Gasteiger charge is 2.41. The van der Waals surface area contributed by atoms with Crippen LogP contribution in [0.25, 0.3) is 0 Å². The topological polar surface area (TPSA) is 79.3 Å². The Balaban J connectivity index is 1.39. The quantitative estimate of drug-likeness (QED) is 0.817. The summed E-state index contributed by atoms with van der Waals surface area (Å²) in [5.41, 5.74) is 2.36. The standard InChI is InChI=1S/C21H25N5O2/c1-16-11-24-18(13-23-16)20(28)25-9-6-21(7-10-25)5-4-19(27)26(15-21)14-17-3-2-8-22-12-17/h2-3,8,11-13H,4-7,9-10,14-15H2,1H3. The number of piperidine rings is 2. The van der Waals surface area contributed by atoms with E-state index in [0.29, 0.717) is 31.7 Å². The van der Waals surface area contributed by atoms with Gasteiger partial charge in [0.2, 0.25) is 5.91 Å². The molecule has 2 aromatic rings. The molecule has 0 N–H and O–H groups in total. The van der Waals surface area contributed by atoms with Gasteiger partial charge in [0.15, 0.2) is 0 Å². The van der Waals surface area contributed by atoms with E-state index in [4.69, 9.17) is 0 Å². The number of carbonyl (C=O) groups excluding carboxylic acids is 2. The molecule has 2 aliphatic rings. The van der Waals surface area contributed by atoms with Gasteiger partial charge in [0.25, 0.3) is 5.91 Å². The highest BCUT2D eigenvalue weighted by molar-refractivity contribution is 5.92. The molecule has 0 saturated carbocycles. The maximum atomic E-state index is 12.7. The number of pyridine rings is 1. The summed E-state index contributed by atoms with van der Waals surface area (Å²) in [6, 6.07) is 3.91. The molecule has 0 radical (unpaired) electrons. The van der Waals surface area contributed by atoms with Crippen LogP contribution in [0.15, 0.2) is 36.9 Å². The zero-order valence-corrected chi connectivity index (χ0v) is 16.2. The van der Waals surface area contributed by atoms with Gasteiger partial charge in [0.1, 0.15) is 5.69 Å². The number of hydrogen-bond acceptors (Lipinski definition) is 5. The molecule has 28 heavy (non-hydrogen) atoms. The van der Waals surface area contributed by atoms with Gasteiger partial charge in [-0.2, -0.15) is 0 Å². The Morgan fingerprint density at radius 2 is 1.96 bits per heavy atom. The molecule has 4 heterocycles. The third kappa shape index (κ3) is 3.88. The Morgan fingerprint density at radius 3 is 2.64 bits per heavy atom. The predicted octanol–water partition coefficient (Wildman–Crippen LogP) is 2.23. The number of rotatable bonds is 3. The summed E-state index contributed by atoms with van der Waals surface area (Å²) in [6.45, 7) is 4.61. The van der Waals surface area contributed by atoms with Crippen molar-refractivity contribution >= 4 is 11.8 Å². The molecule has 2 saturated heterocycles. The second-order valence-electron chi connectivity index (χ2n) is 7.95. The summed E-state index contributed by atoms with van der Waals surface area (Å²) in [6.07, 6.45) is 10.0. The number of amides is 2. The highest BCUT2D eigenvalue weighted by Crippen LogP contribution is 2.40. The van der Waals surface area contributed by atoms with Crippen molar-refractivity contribution in [2.75, 3.05) is 19.6 Å². The SMILES string of the molecule is Cc1cnc(C(=O)N2CCC3(CCC(=O)N(Cc4cccnc4)C3)CC2)cn1. The number of aromatic nitrogens is 3. The van der Waals surface area contributed by atoms with Gasteiger partial charge < -0.3 is 9.80 Å². The van der Waals surface area contributed by atoms with Crippen LogP contribution in [-0.2, 0) is 11.3 Å². The van der Waals surface area contributed by atoms with E-state index in [-0.39, 0.29) is 17.2 Å². The average Bonchev–Trinajstić information content (AvgIpc) is 2.72. The molecule has 146 valence electrons. The van der Waals surface area contributed by atoms with Gasteiger partial charge in [-0.15, -0.1) is 0 Å². The lowest BCUT2D eigenvalue weighted by Gasteiger charge is -2.47. The monoisotopic (exact) mass is 379 g/mol. The number of likely N-dealkylation sites (tertiary alicyclic amines) is 2. The Bertz CT molecular complexity index is 845. The van der Waals surface area contributed by atoms with Crippen molar-refractivity contribution in [1.82, 2.24) is 24.8 Å². The minimum atomic E-state index is -0.0542. The molecule has 0 aromatic carbocycles. The zero-order valence-electron chi connectivity index (χ0n) is 16.2. The predicted molar refractivity (Wildman–Crippen MR) is 103 cm³/mol. The number of nitrogens with zero attached hydrogens (tertiary/aromatic N) is 5. The van der Waals surface area contributed by atoms with Crippen LogP contribution < -0.4 is 0 Å². The molecule has 0 unspecified atom stereocenters. The Labute approximate surface area is 164 Å². The second kappa shape index (κ2) is 7.66. The fraction of sp³-hybridized carbons (Fsp3) is 0.476. The van der Waals surface area contributed by atoms with E-state index in [1.165, 1.54) is 0 Å². The molecule has 7 heteroatoms. The molecule has 2 amide bonds. The molecule has 4 rings (SSSR count). The van der Waals surface area contributed by atoms with E-state index in [9.17, 15) is 9.59 Å². The first kappa shape index (κ1) is 18.5. The minimum Gasteiger partial charge on any atom is -0.338 e. The summed E-state index contributed by atoms with van der Waals surface area (Å²) >= 11 is 0. The summed E-state index contributed by atoms with van der Waals surface area (Å²) in [5.74, 6) is 0.157. The van der Waals surface area contributed by atoms with Crippen LogP contribution in [0, 0.1) is 12.3 Å². The lowest BCUT2D eigenvalue weighted by molar-refractivity contribution is -0.139.